The van der Waals surface area contributed by atoms with E-state index in [-0.39, 0.29) is 28.4 Å². The first kappa shape index (κ1) is 15.8. The van der Waals surface area contributed by atoms with Crippen molar-refractivity contribution in [2.75, 3.05) is 13.6 Å². The average Bonchev–Trinajstić information content (AvgIpc) is 3.11. The van der Waals surface area contributed by atoms with Crippen LogP contribution in [0.1, 0.15) is 12.8 Å². The lowest BCUT2D eigenvalue weighted by atomic mass is 10.4. The van der Waals surface area contributed by atoms with Gasteiger partial charge in [-0.15, -0.1) is 0 Å². The van der Waals surface area contributed by atoms with Gasteiger partial charge in [0.25, 0.3) is 0 Å². The van der Waals surface area contributed by atoms with Gasteiger partial charge in [0, 0.05) is 17.6 Å². The number of likely N-dealkylation sites (N-methyl/N-ethyl adjacent to an activating group) is 1. The van der Waals surface area contributed by atoms with Gasteiger partial charge in [-0.1, -0.05) is 27.5 Å². The molecule has 0 heterocycles. The lowest BCUT2D eigenvalue weighted by Gasteiger charge is -2.17. The van der Waals surface area contributed by atoms with Gasteiger partial charge in [0.1, 0.15) is 4.90 Å². The van der Waals surface area contributed by atoms with Gasteiger partial charge in [0.05, 0.1) is 11.6 Å². The zero-order chi connectivity index (χ0) is 14.9. The van der Waals surface area contributed by atoms with Crippen LogP contribution in [0.3, 0.4) is 0 Å². The topological polar surface area (TPSA) is 66.5 Å². The summed E-state index contributed by atoms with van der Waals surface area (Å²) in [7, 11) is -2.42. The predicted molar refractivity (Wildman–Crippen MR) is 80.1 cm³/mol. The lowest BCUT2D eigenvalue weighted by Crippen LogP contribution is -2.39. The lowest BCUT2D eigenvalue weighted by molar-refractivity contribution is -0.121. The number of carbonyl (C=O) groups is 1. The SMILES string of the molecule is CN(CC(=O)NC1CC1)S(=O)(=O)c1ccc(Br)cc1Cl. The minimum absolute atomic E-state index is 0.0101. The molecule has 1 N–H and O–H groups in total. The molecule has 0 bridgehead atoms. The molecular weight excluding hydrogens is 368 g/mol. The highest BCUT2D eigenvalue weighted by Crippen LogP contribution is 2.27. The van der Waals surface area contributed by atoms with Gasteiger partial charge >= 0.3 is 0 Å². The first-order valence-corrected chi connectivity index (χ1v) is 8.62. The fourth-order valence-corrected chi connectivity index (χ4v) is 3.77. The summed E-state index contributed by atoms with van der Waals surface area (Å²) in [6.07, 6.45) is 1.92. The zero-order valence-electron chi connectivity index (χ0n) is 10.8. The maximum atomic E-state index is 12.3. The fourth-order valence-electron chi connectivity index (χ4n) is 1.64. The highest BCUT2D eigenvalue weighted by atomic mass is 79.9. The number of sulfonamides is 1. The van der Waals surface area contributed by atoms with Crippen LogP contribution < -0.4 is 5.32 Å². The van der Waals surface area contributed by atoms with Crippen molar-refractivity contribution >= 4 is 43.5 Å². The van der Waals surface area contributed by atoms with E-state index in [4.69, 9.17) is 11.6 Å². The quantitative estimate of drug-likeness (QED) is 0.848. The summed E-state index contributed by atoms with van der Waals surface area (Å²) in [5.74, 6) is -0.299. The first-order valence-electron chi connectivity index (χ1n) is 6.01. The van der Waals surface area contributed by atoms with Gasteiger partial charge < -0.3 is 5.32 Å². The molecule has 1 aliphatic rings. The number of benzene rings is 1. The monoisotopic (exact) mass is 380 g/mol. The summed E-state index contributed by atoms with van der Waals surface area (Å²) in [6.45, 7) is -0.217. The maximum Gasteiger partial charge on any atom is 0.244 e. The Balaban J connectivity index is 2.13. The van der Waals surface area contributed by atoms with E-state index < -0.39 is 10.0 Å². The van der Waals surface area contributed by atoms with Crippen molar-refractivity contribution in [1.82, 2.24) is 9.62 Å². The molecule has 2 rings (SSSR count). The van der Waals surface area contributed by atoms with Gasteiger partial charge in [-0.05, 0) is 31.0 Å². The Morgan fingerprint density at radius 2 is 2.15 bits per heavy atom. The molecule has 1 aromatic rings. The van der Waals surface area contributed by atoms with Gasteiger partial charge in [0.2, 0.25) is 15.9 Å². The smallest absolute Gasteiger partial charge is 0.244 e. The van der Waals surface area contributed by atoms with Crippen molar-refractivity contribution in [3.8, 4) is 0 Å². The molecule has 8 heteroatoms. The molecule has 110 valence electrons. The summed E-state index contributed by atoms with van der Waals surface area (Å²) < 4.78 is 26.4. The van der Waals surface area contributed by atoms with E-state index in [1.807, 2.05) is 0 Å². The van der Waals surface area contributed by atoms with Crippen molar-refractivity contribution < 1.29 is 13.2 Å². The molecule has 1 aromatic carbocycles. The second-order valence-electron chi connectivity index (χ2n) is 4.68. The summed E-state index contributed by atoms with van der Waals surface area (Å²) in [5, 5.41) is 2.87. The summed E-state index contributed by atoms with van der Waals surface area (Å²) >= 11 is 9.17. The molecule has 1 saturated carbocycles. The minimum Gasteiger partial charge on any atom is -0.352 e. The van der Waals surface area contributed by atoms with Crippen LogP contribution in [0.25, 0.3) is 0 Å². The van der Waals surface area contributed by atoms with Crippen molar-refractivity contribution in [3.05, 3.63) is 27.7 Å². The van der Waals surface area contributed by atoms with Crippen LogP contribution in [0.5, 0.6) is 0 Å². The maximum absolute atomic E-state index is 12.3. The zero-order valence-corrected chi connectivity index (χ0v) is 13.9. The van der Waals surface area contributed by atoms with Crippen LogP contribution in [-0.2, 0) is 14.8 Å². The summed E-state index contributed by atoms with van der Waals surface area (Å²) in [5.41, 5.74) is 0. The van der Waals surface area contributed by atoms with Crippen LogP contribution in [0.2, 0.25) is 5.02 Å². The molecule has 0 aliphatic heterocycles. The Bertz CT molecular complexity index is 632. The van der Waals surface area contributed by atoms with E-state index in [1.54, 1.807) is 6.07 Å². The van der Waals surface area contributed by atoms with Crippen molar-refractivity contribution in [1.29, 1.82) is 0 Å². The number of amides is 1. The third-order valence-corrected chi connectivity index (χ3v) is 5.67. The standard InChI is InChI=1S/C12H14BrClN2O3S/c1-16(7-12(17)15-9-3-4-9)20(18,19)11-5-2-8(13)6-10(11)14/h2,5-6,9H,3-4,7H2,1H3,(H,15,17). The molecule has 0 saturated heterocycles. The number of carbonyl (C=O) groups excluding carboxylic acids is 1. The highest BCUT2D eigenvalue weighted by Gasteiger charge is 2.28. The van der Waals surface area contributed by atoms with E-state index in [9.17, 15) is 13.2 Å². The average molecular weight is 382 g/mol. The van der Waals surface area contributed by atoms with Crippen LogP contribution in [-0.4, -0.2) is 38.3 Å². The van der Waals surface area contributed by atoms with Crippen LogP contribution in [0, 0.1) is 0 Å². The van der Waals surface area contributed by atoms with Crippen molar-refractivity contribution in [3.63, 3.8) is 0 Å². The number of hydrogen-bond donors (Lipinski definition) is 1. The molecule has 1 fully saturated rings. The minimum atomic E-state index is -3.78. The van der Waals surface area contributed by atoms with E-state index >= 15 is 0 Å². The Labute approximate surface area is 131 Å². The molecule has 1 aliphatic carbocycles. The highest BCUT2D eigenvalue weighted by molar-refractivity contribution is 9.10. The number of hydrogen-bond acceptors (Lipinski definition) is 3. The second kappa shape index (κ2) is 6.01. The number of halogens is 2. The predicted octanol–water partition coefficient (Wildman–Crippen LogP) is 2.00. The number of nitrogens with zero attached hydrogens (tertiary/aromatic N) is 1. The van der Waals surface area contributed by atoms with Crippen LogP contribution >= 0.6 is 27.5 Å². The third-order valence-electron chi connectivity index (χ3n) is 2.89. The third kappa shape index (κ3) is 3.72. The Kier molecular flexibility index (Phi) is 4.73. The van der Waals surface area contributed by atoms with E-state index in [1.165, 1.54) is 19.2 Å². The first-order chi connectivity index (χ1) is 9.30. The molecule has 1 amide bonds. The van der Waals surface area contributed by atoms with Gasteiger partial charge in [-0.2, -0.15) is 4.31 Å². The van der Waals surface area contributed by atoms with E-state index in [2.05, 4.69) is 21.2 Å². The molecule has 20 heavy (non-hydrogen) atoms. The largest absolute Gasteiger partial charge is 0.352 e. The Hall–Kier alpha value is -0.630. The number of rotatable bonds is 5. The molecular formula is C12H14BrClN2O3S. The molecule has 0 aromatic heterocycles. The van der Waals surface area contributed by atoms with Gasteiger partial charge in [0.15, 0.2) is 0 Å². The Morgan fingerprint density at radius 1 is 1.50 bits per heavy atom. The molecule has 0 radical (unpaired) electrons. The van der Waals surface area contributed by atoms with Crippen molar-refractivity contribution in [2.24, 2.45) is 0 Å². The number of nitrogens with one attached hydrogen (secondary N) is 1. The van der Waals surface area contributed by atoms with Gasteiger partial charge in [-0.3, -0.25) is 4.79 Å². The normalized spacial score (nSPS) is 15.4. The van der Waals surface area contributed by atoms with Crippen LogP contribution in [0.4, 0.5) is 0 Å². The van der Waals surface area contributed by atoms with Crippen LogP contribution in [0.15, 0.2) is 27.6 Å². The van der Waals surface area contributed by atoms with E-state index in [0.717, 1.165) is 17.1 Å². The van der Waals surface area contributed by atoms with Gasteiger partial charge in [-0.25, -0.2) is 8.42 Å². The molecule has 5 nitrogen and oxygen atoms in total. The molecule has 0 atom stereocenters. The fraction of sp³-hybridized carbons (Fsp3) is 0.417. The Morgan fingerprint density at radius 3 is 2.70 bits per heavy atom. The van der Waals surface area contributed by atoms with Crippen molar-refractivity contribution in [2.45, 2.75) is 23.8 Å². The summed E-state index contributed by atoms with van der Waals surface area (Å²) in [4.78, 5) is 11.7. The molecule has 0 unspecified atom stereocenters. The summed E-state index contributed by atoms with van der Waals surface area (Å²) in [6, 6.07) is 4.72. The second-order valence-corrected chi connectivity index (χ2v) is 8.01. The van der Waals surface area contributed by atoms with E-state index in [0.29, 0.717) is 4.47 Å². The molecule has 0 spiro atoms.